The summed E-state index contributed by atoms with van der Waals surface area (Å²) in [5.74, 6) is 1.30. The molecular formula is C46H72BNO3S. The molecule has 52 heavy (non-hydrogen) atoms. The Morgan fingerprint density at radius 2 is 1.56 bits per heavy atom. The quantitative estimate of drug-likeness (QED) is 0.0457. The Morgan fingerprint density at radius 3 is 2.10 bits per heavy atom. The molecule has 2 rings (SSSR count). The summed E-state index contributed by atoms with van der Waals surface area (Å²) in [6, 6.07) is 16.6. The van der Waals surface area contributed by atoms with Gasteiger partial charge in [0, 0.05) is 25.3 Å². The molecule has 0 heterocycles. The maximum absolute atomic E-state index is 14.7. The number of amides is 1. The van der Waals surface area contributed by atoms with Gasteiger partial charge in [-0.05, 0) is 76.4 Å². The van der Waals surface area contributed by atoms with Gasteiger partial charge in [0.05, 0.1) is 12.0 Å². The fourth-order valence-corrected chi connectivity index (χ4v) is 8.19. The fourth-order valence-electron chi connectivity index (χ4n) is 7.98. The number of benzene rings is 2. The molecule has 288 valence electrons. The van der Waals surface area contributed by atoms with E-state index >= 15 is 0 Å². The van der Waals surface area contributed by atoms with Gasteiger partial charge in [0.2, 0.25) is 5.91 Å². The number of esters is 1. The van der Waals surface area contributed by atoms with Crippen molar-refractivity contribution < 1.29 is 14.3 Å². The lowest BCUT2D eigenvalue weighted by Crippen LogP contribution is -2.59. The van der Waals surface area contributed by atoms with E-state index in [-0.39, 0.29) is 35.2 Å². The Hall–Kier alpha value is -2.47. The molecule has 0 bridgehead atoms. The lowest BCUT2D eigenvalue weighted by atomic mass is 9.43. The van der Waals surface area contributed by atoms with Crippen LogP contribution in [0.3, 0.4) is 0 Å². The predicted octanol–water partition coefficient (Wildman–Crippen LogP) is 11.3. The van der Waals surface area contributed by atoms with Gasteiger partial charge in [-0.2, -0.15) is 12.6 Å². The molecule has 0 spiro atoms. The Bertz CT molecular complexity index is 1440. The van der Waals surface area contributed by atoms with E-state index < -0.39 is 16.2 Å². The SMILES string of the molecule is [B]c1ccccc1CN(CCCOC(=O)C(C)(C(C)(C)C)C(C)(C)C(C)(C)C(CC(C)(C)C(C)CCCC)c1ccc(CS)cc1)C(=O)CCC=C. The summed E-state index contributed by atoms with van der Waals surface area (Å²) in [5.41, 5.74) is 2.11. The lowest BCUT2D eigenvalue weighted by molar-refractivity contribution is -0.188. The van der Waals surface area contributed by atoms with Gasteiger partial charge in [0.1, 0.15) is 7.85 Å². The van der Waals surface area contributed by atoms with Crippen LogP contribution in [0.5, 0.6) is 0 Å². The molecule has 2 aromatic rings. The highest BCUT2D eigenvalue weighted by Gasteiger charge is 2.63. The molecule has 0 saturated heterocycles. The molecule has 0 N–H and O–H groups in total. The number of hydrogen-bond acceptors (Lipinski definition) is 4. The maximum atomic E-state index is 14.7. The van der Waals surface area contributed by atoms with Crippen molar-refractivity contribution in [3.8, 4) is 0 Å². The summed E-state index contributed by atoms with van der Waals surface area (Å²) in [7, 11) is 6.24. The van der Waals surface area contributed by atoms with E-state index in [1.165, 1.54) is 30.4 Å². The van der Waals surface area contributed by atoms with Crippen molar-refractivity contribution in [2.24, 2.45) is 33.0 Å². The molecule has 0 aromatic heterocycles. The summed E-state index contributed by atoms with van der Waals surface area (Å²) in [5, 5.41) is 0. The highest BCUT2D eigenvalue weighted by Crippen LogP contribution is 2.65. The van der Waals surface area contributed by atoms with Crippen LogP contribution in [0.1, 0.15) is 151 Å². The van der Waals surface area contributed by atoms with E-state index in [4.69, 9.17) is 12.6 Å². The van der Waals surface area contributed by atoms with E-state index in [2.05, 4.69) is 127 Å². The number of unbranched alkanes of at least 4 members (excludes halogenated alkanes) is 1. The van der Waals surface area contributed by atoms with E-state index in [1.54, 1.807) is 6.08 Å². The van der Waals surface area contributed by atoms with Crippen LogP contribution in [-0.2, 0) is 26.6 Å². The number of nitrogens with zero attached hydrogens (tertiary/aromatic N) is 1. The van der Waals surface area contributed by atoms with Crippen LogP contribution in [0.15, 0.2) is 61.2 Å². The van der Waals surface area contributed by atoms with Gasteiger partial charge >= 0.3 is 5.97 Å². The molecule has 3 atom stereocenters. The van der Waals surface area contributed by atoms with Crippen molar-refractivity contribution in [3.05, 3.63) is 77.9 Å². The molecule has 6 heteroatoms. The first kappa shape index (κ1) is 45.7. The maximum Gasteiger partial charge on any atom is 0.312 e. The highest BCUT2D eigenvalue weighted by atomic mass is 32.1. The molecule has 3 unspecified atom stereocenters. The molecule has 2 radical (unpaired) electrons. The van der Waals surface area contributed by atoms with Gasteiger partial charge in [-0.25, -0.2) is 0 Å². The molecule has 0 aliphatic rings. The third-order valence-corrected chi connectivity index (χ3v) is 13.8. The van der Waals surface area contributed by atoms with E-state index in [0.717, 1.165) is 12.0 Å². The monoisotopic (exact) mass is 730 g/mol. The molecule has 0 aliphatic heterocycles. The minimum atomic E-state index is -0.845. The van der Waals surface area contributed by atoms with Crippen LogP contribution >= 0.6 is 12.6 Å². The van der Waals surface area contributed by atoms with Crippen molar-refractivity contribution in [1.29, 1.82) is 0 Å². The van der Waals surface area contributed by atoms with Crippen molar-refractivity contribution >= 4 is 37.8 Å². The third kappa shape index (κ3) is 10.8. The second-order valence-electron chi connectivity index (χ2n) is 18.2. The number of carbonyl (C=O) groups is 2. The minimum absolute atomic E-state index is 0.0391. The van der Waals surface area contributed by atoms with Gasteiger partial charge < -0.3 is 9.64 Å². The van der Waals surface area contributed by atoms with Gasteiger partial charge in [-0.1, -0.05) is 155 Å². The Morgan fingerprint density at radius 1 is 0.942 bits per heavy atom. The zero-order chi connectivity index (χ0) is 39.5. The molecule has 0 fully saturated rings. The molecule has 0 aliphatic carbocycles. The van der Waals surface area contributed by atoms with E-state index in [1.807, 2.05) is 29.2 Å². The number of rotatable bonds is 21. The number of allylic oxidation sites excluding steroid dienone is 1. The van der Waals surface area contributed by atoms with Crippen LogP contribution in [0.4, 0.5) is 0 Å². The summed E-state index contributed by atoms with van der Waals surface area (Å²) < 4.78 is 6.27. The average Bonchev–Trinajstić information content (AvgIpc) is 3.09. The third-order valence-electron chi connectivity index (χ3n) is 13.4. The van der Waals surface area contributed by atoms with Gasteiger partial charge in [-0.15, -0.1) is 6.58 Å². The largest absolute Gasteiger partial charge is 0.465 e. The van der Waals surface area contributed by atoms with Crippen LogP contribution in [0.2, 0.25) is 0 Å². The summed E-state index contributed by atoms with van der Waals surface area (Å²) >= 11 is 4.54. The summed E-state index contributed by atoms with van der Waals surface area (Å²) in [6.07, 6.45) is 7.94. The van der Waals surface area contributed by atoms with Crippen molar-refractivity contribution in [2.45, 2.75) is 146 Å². The summed E-state index contributed by atoms with van der Waals surface area (Å²) in [4.78, 5) is 29.7. The number of carbonyl (C=O) groups excluding carboxylic acids is 2. The van der Waals surface area contributed by atoms with E-state index in [9.17, 15) is 9.59 Å². The highest BCUT2D eigenvalue weighted by molar-refractivity contribution is 7.79. The fraction of sp³-hybridized carbons (Fsp3) is 0.652. The average molecular weight is 730 g/mol. The normalized spacial score (nSPS) is 15.0. The Labute approximate surface area is 326 Å². The first-order valence-electron chi connectivity index (χ1n) is 19.7. The number of ether oxygens (including phenoxy) is 1. The Kier molecular flexibility index (Phi) is 16.9. The molecule has 2 aromatic carbocycles. The molecular weight excluding hydrogens is 657 g/mol. The number of thiol groups is 1. The second-order valence-corrected chi connectivity index (χ2v) is 18.6. The van der Waals surface area contributed by atoms with Crippen molar-refractivity contribution in [2.75, 3.05) is 13.2 Å². The smallest absolute Gasteiger partial charge is 0.312 e. The van der Waals surface area contributed by atoms with Crippen LogP contribution in [0.25, 0.3) is 0 Å². The van der Waals surface area contributed by atoms with E-state index in [0.29, 0.717) is 49.5 Å². The van der Waals surface area contributed by atoms with Crippen LogP contribution < -0.4 is 5.46 Å². The first-order chi connectivity index (χ1) is 24.1. The zero-order valence-electron chi connectivity index (χ0n) is 35.0. The topological polar surface area (TPSA) is 46.6 Å². The summed E-state index contributed by atoms with van der Waals surface area (Å²) in [6.45, 7) is 32.4. The van der Waals surface area contributed by atoms with Crippen molar-refractivity contribution in [3.63, 3.8) is 0 Å². The first-order valence-corrected chi connectivity index (χ1v) is 20.3. The predicted molar refractivity (Wildman–Crippen MR) is 226 cm³/mol. The minimum Gasteiger partial charge on any atom is -0.465 e. The second kappa shape index (κ2) is 19.2. The molecule has 4 nitrogen and oxygen atoms in total. The lowest BCUT2D eigenvalue weighted by Gasteiger charge is -2.60. The number of hydrogen-bond donors (Lipinski definition) is 1. The Balaban J connectivity index is 2.45. The van der Waals surface area contributed by atoms with Crippen LogP contribution in [0, 0.1) is 33.0 Å². The van der Waals surface area contributed by atoms with Crippen LogP contribution in [-0.4, -0.2) is 37.8 Å². The van der Waals surface area contributed by atoms with Gasteiger partial charge in [0.15, 0.2) is 0 Å². The van der Waals surface area contributed by atoms with Crippen molar-refractivity contribution in [1.82, 2.24) is 4.90 Å². The standard InChI is InChI=1S/C46H72BNO3S/c1-14-16-21-34(3)43(7,8)31-38(36-27-25-35(33-52)26-28-36)44(9,10)45(11,12)46(13,42(4,5)6)41(50)51-30-20-29-48(40(49)24-17-15-2)32-37-22-18-19-23-39(37)47/h15,18-19,22-23,25-28,34,38,52H,2,14,16-17,20-21,24,29-33H2,1,3-13H3. The molecule has 0 saturated carbocycles. The molecule has 1 amide bonds. The zero-order valence-corrected chi connectivity index (χ0v) is 35.9. The van der Waals surface area contributed by atoms with Gasteiger partial charge in [0.25, 0.3) is 0 Å². The van der Waals surface area contributed by atoms with Gasteiger partial charge in [-0.3, -0.25) is 9.59 Å².